The summed E-state index contributed by atoms with van der Waals surface area (Å²) in [5, 5.41) is 20.9. The fraction of sp³-hybridized carbons (Fsp3) is 0.423. The summed E-state index contributed by atoms with van der Waals surface area (Å²) in [4.78, 5) is 14.9. The molecule has 4 rings (SSSR count). The standard InChI is InChI=1S/C26H33N5O3/c1-20(27-25(33)11-10-21-6-3-2-4-7-21)26-29-28-24-12-13-30(14-15-31(24)26)19-22-8-5-9-23(18-22)34-17-16-32/h2-9,18,20,32H,10-17,19H2,1H3,(H,27,33). The van der Waals surface area contributed by atoms with Gasteiger partial charge in [0.25, 0.3) is 0 Å². The molecule has 0 radical (unpaired) electrons. The fourth-order valence-electron chi connectivity index (χ4n) is 4.30. The van der Waals surface area contributed by atoms with Gasteiger partial charge in [-0.3, -0.25) is 9.69 Å². The van der Waals surface area contributed by atoms with Gasteiger partial charge in [-0.1, -0.05) is 42.5 Å². The molecule has 0 bridgehead atoms. The first-order valence-corrected chi connectivity index (χ1v) is 11.9. The van der Waals surface area contributed by atoms with Gasteiger partial charge >= 0.3 is 0 Å². The Balaban J connectivity index is 1.31. The summed E-state index contributed by atoms with van der Waals surface area (Å²) in [7, 11) is 0. The number of aromatic nitrogens is 3. The van der Waals surface area contributed by atoms with Crippen molar-refractivity contribution in [3.63, 3.8) is 0 Å². The molecule has 2 heterocycles. The third kappa shape index (κ3) is 6.42. The fourth-order valence-corrected chi connectivity index (χ4v) is 4.30. The predicted molar refractivity (Wildman–Crippen MR) is 129 cm³/mol. The van der Waals surface area contributed by atoms with Crippen molar-refractivity contribution in [3.05, 3.63) is 77.4 Å². The number of hydrogen-bond acceptors (Lipinski definition) is 6. The number of hydrogen-bond donors (Lipinski definition) is 2. The number of ether oxygens (including phenoxy) is 1. The highest BCUT2D eigenvalue weighted by Crippen LogP contribution is 2.19. The summed E-state index contributed by atoms with van der Waals surface area (Å²) >= 11 is 0. The normalized spacial score (nSPS) is 14.8. The Morgan fingerprint density at radius 1 is 1.09 bits per heavy atom. The van der Waals surface area contributed by atoms with Crippen molar-refractivity contribution in [2.75, 3.05) is 26.3 Å². The molecule has 3 aromatic rings. The number of nitrogens with zero attached hydrogens (tertiary/aromatic N) is 4. The molecule has 8 nitrogen and oxygen atoms in total. The summed E-state index contributed by atoms with van der Waals surface area (Å²) in [5.41, 5.74) is 2.33. The third-order valence-electron chi connectivity index (χ3n) is 6.06. The van der Waals surface area contributed by atoms with Crippen LogP contribution in [0.4, 0.5) is 0 Å². The Hall–Kier alpha value is -3.23. The molecule has 34 heavy (non-hydrogen) atoms. The predicted octanol–water partition coefficient (Wildman–Crippen LogP) is 2.52. The number of aliphatic hydroxyl groups is 1. The van der Waals surface area contributed by atoms with Crippen LogP contribution in [-0.4, -0.2) is 57.0 Å². The molecular weight excluding hydrogens is 430 g/mol. The van der Waals surface area contributed by atoms with Crippen LogP contribution in [-0.2, 0) is 30.7 Å². The van der Waals surface area contributed by atoms with Crippen LogP contribution in [0.25, 0.3) is 0 Å². The minimum atomic E-state index is -0.198. The summed E-state index contributed by atoms with van der Waals surface area (Å²) in [6, 6.07) is 17.9. The molecule has 0 fully saturated rings. The number of amides is 1. The molecule has 180 valence electrons. The van der Waals surface area contributed by atoms with E-state index in [9.17, 15) is 4.79 Å². The highest BCUT2D eigenvalue weighted by molar-refractivity contribution is 5.76. The van der Waals surface area contributed by atoms with Crippen LogP contribution in [0.3, 0.4) is 0 Å². The number of benzene rings is 2. The molecule has 1 aliphatic heterocycles. The molecule has 2 N–H and O–H groups in total. The molecule has 8 heteroatoms. The number of carbonyl (C=O) groups is 1. The van der Waals surface area contributed by atoms with E-state index in [1.54, 1.807) is 0 Å². The van der Waals surface area contributed by atoms with Crippen LogP contribution in [0, 0.1) is 0 Å². The maximum atomic E-state index is 12.5. The maximum Gasteiger partial charge on any atom is 0.220 e. The molecule has 2 aromatic carbocycles. The van der Waals surface area contributed by atoms with Gasteiger partial charge < -0.3 is 19.7 Å². The highest BCUT2D eigenvalue weighted by Gasteiger charge is 2.23. The Morgan fingerprint density at radius 3 is 2.74 bits per heavy atom. The van der Waals surface area contributed by atoms with Crippen molar-refractivity contribution in [1.82, 2.24) is 25.0 Å². The second kappa shape index (κ2) is 11.8. The molecule has 1 atom stereocenters. The van der Waals surface area contributed by atoms with Gasteiger partial charge in [-0.2, -0.15) is 0 Å². The Morgan fingerprint density at radius 2 is 1.91 bits per heavy atom. The van der Waals surface area contributed by atoms with E-state index in [0.29, 0.717) is 13.0 Å². The second-order valence-corrected chi connectivity index (χ2v) is 8.65. The van der Waals surface area contributed by atoms with Crippen LogP contribution >= 0.6 is 0 Å². The van der Waals surface area contributed by atoms with Crippen LogP contribution in [0.2, 0.25) is 0 Å². The third-order valence-corrected chi connectivity index (χ3v) is 6.06. The first kappa shape index (κ1) is 23.9. The van der Waals surface area contributed by atoms with Crippen molar-refractivity contribution in [3.8, 4) is 5.75 Å². The largest absolute Gasteiger partial charge is 0.491 e. The van der Waals surface area contributed by atoms with Crippen LogP contribution in [0.5, 0.6) is 5.75 Å². The van der Waals surface area contributed by atoms with Gasteiger partial charge in [0.2, 0.25) is 5.91 Å². The van der Waals surface area contributed by atoms with Crippen molar-refractivity contribution < 1.29 is 14.6 Å². The molecule has 0 aliphatic carbocycles. The first-order chi connectivity index (χ1) is 16.6. The van der Waals surface area contributed by atoms with E-state index in [0.717, 1.165) is 62.0 Å². The zero-order valence-corrected chi connectivity index (χ0v) is 19.7. The lowest BCUT2D eigenvalue weighted by Crippen LogP contribution is -2.30. The number of rotatable bonds is 10. The average molecular weight is 464 g/mol. The van der Waals surface area contributed by atoms with E-state index in [1.165, 1.54) is 5.56 Å². The average Bonchev–Trinajstić information content (AvgIpc) is 3.17. The van der Waals surface area contributed by atoms with Crippen molar-refractivity contribution >= 4 is 5.91 Å². The molecule has 1 aromatic heterocycles. The number of nitrogens with one attached hydrogen (secondary N) is 1. The quantitative estimate of drug-likeness (QED) is 0.480. The molecule has 1 amide bonds. The van der Waals surface area contributed by atoms with Crippen LogP contribution in [0.1, 0.15) is 42.2 Å². The summed E-state index contributed by atoms with van der Waals surface area (Å²) in [5.74, 6) is 2.57. The second-order valence-electron chi connectivity index (χ2n) is 8.65. The minimum Gasteiger partial charge on any atom is -0.491 e. The lowest BCUT2D eigenvalue weighted by atomic mass is 10.1. The Labute approximate surface area is 200 Å². The van der Waals surface area contributed by atoms with Crippen molar-refractivity contribution in [2.24, 2.45) is 0 Å². The lowest BCUT2D eigenvalue weighted by molar-refractivity contribution is -0.121. The SMILES string of the molecule is CC(NC(=O)CCc1ccccc1)c1nnc2n1CCN(Cc1cccc(OCCO)c1)CC2. The van der Waals surface area contributed by atoms with Crippen LogP contribution < -0.4 is 10.1 Å². The number of aliphatic hydroxyl groups excluding tert-OH is 1. The molecule has 1 unspecified atom stereocenters. The maximum absolute atomic E-state index is 12.5. The minimum absolute atomic E-state index is 0.00406. The van der Waals surface area contributed by atoms with Crippen LogP contribution in [0.15, 0.2) is 54.6 Å². The van der Waals surface area contributed by atoms with E-state index in [-0.39, 0.29) is 18.6 Å². The van der Waals surface area contributed by atoms with Crippen molar-refractivity contribution in [1.29, 1.82) is 0 Å². The molecule has 0 saturated heterocycles. The van der Waals surface area contributed by atoms with E-state index in [4.69, 9.17) is 9.84 Å². The topological polar surface area (TPSA) is 92.5 Å². The monoisotopic (exact) mass is 463 g/mol. The van der Waals surface area contributed by atoms with Gasteiger partial charge in [0.1, 0.15) is 18.2 Å². The zero-order valence-electron chi connectivity index (χ0n) is 19.7. The van der Waals surface area contributed by atoms with E-state index in [1.807, 2.05) is 55.5 Å². The molecular formula is C26H33N5O3. The van der Waals surface area contributed by atoms with E-state index >= 15 is 0 Å². The van der Waals surface area contributed by atoms with Gasteiger partial charge in [0.15, 0.2) is 5.82 Å². The van der Waals surface area contributed by atoms with E-state index in [2.05, 4.69) is 31.0 Å². The van der Waals surface area contributed by atoms with Gasteiger partial charge in [-0.15, -0.1) is 10.2 Å². The van der Waals surface area contributed by atoms with Gasteiger partial charge in [-0.05, 0) is 36.6 Å². The Kier molecular flexibility index (Phi) is 8.27. The van der Waals surface area contributed by atoms with Gasteiger partial charge in [-0.25, -0.2) is 0 Å². The van der Waals surface area contributed by atoms with Gasteiger partial charge in [0.05, 0.1) is 12.6 Å². The molecule has 1 aliphatic rings. The van der Waals surface area contributed by atoms with E-state index < -0.39 is 0 Å². The Bertz CT molecular complexity index is 1070. The summed E-state index contributed by atoms with van der Waals surface area (Å²) < 4.78 is 7.69. The molecule has 0 spiro atoms. The molecule has 0 saturated carbocycles. The first-order valence-electron chi connectivity index (χ1n) is 11.9. The number of aryl methyl sites for hydroxylation is 1. The van der Waals surface area contributed by atoms with Crippen molar-refractivity contribution in [2.45, 2.75) is 45.3 Å². The van der Waals surface area contributed by atoms with Gasteiger partial charge in [0, 0.05) is 39.0 Å². The smallest absolute Gasteiger partial charge is 0.220 e. The zero-order chi connectivity index (χ0) is 23.8. The lowest BCUT2D eigenvalue weighted by Gasteiger charge is -2.20. The summed E-state index contributed by atoms with van der Waals surface area (Å²) in [6.07, 6.45) is 1.98. The summed E-state index contributed by atoms with van der Waals surface area (Å²) in [6.45, 7) is 5.62. The highest BCUT2D eigenvalue weighted by atomic mass is 16.5. The number of fused-ring (bicyclic) bond motifs is 1. The number of carbonyl (C=O) groups excluding carboxylic acids is 1.